The number of hydrogen-bond donors (Lipinski definition) is 0. The average Bonchev–Trinajstić information content (AvgIpc) is 2.96. The van der Waals surface area contributed by atoms with Gasteiger partial charge in [0.15, 0.2) is 0 Å². The fourth-order valence-corrected chi connectivity index (χ4v) is 2.46. The van der Waals surface area contributed by atoms with Gasteiger partial charge in [-0.2, -0.15) is 0 Å². The van der Waals surface area contributed by atoms with E-state index in [2.05, 4.69) is 0 Å². The van der Waals surface area contributed by atoms with Crippen LogP contribution in [0.1, 0.15) is 23.7 Å². The quantitative estimate of drug-likeness (QED) is 0.493. The Kier molecular flexibility index (Phi) is 4.05. The molecule has 0 fully saturated rings. The monoisotopic (exact) mass is 310 g/mol. The molecule has 1 atom stereocenters. The normalized spacial score (nSPS) is 17.9. The molecule has 116 valence electrons. The summed E-state index contributed by atoms with van der Waals surface area (Å²) < 4.78 is 0. The number of allylic oxidation sites excluding steroid dienone is 1. The van der Waals surface area contributed by atoms with E-state index in [-0.39, 0.29) is 22.7 Å². The van der Waals surface area contributed by atoms with Crippen molar-refractivity contribution in [1.82, 2.24) is 0 Å². The molecule has 2 aromatic rings. The molecule has 0 amide bonds. The van der Waals surface area contributed by atoms with Gasteiger partial charge in [0.05, 0.1) is 11.3 Å². The summed E-state index contributed by atoms with van der Waals surface area (Å²) in [6, 6.07) is 18.0. The van der Waals surface area contributed by atoms with Gasteiger partial charge in [0.2, 0.25) is 0 Å². The molecular formula is C17H14N2O4. The van der Waals surface area contributed by atoms with Crippen LogP contribution in [0.25, 0.3) is 6.08 Å². The molecule has 1 unspecified atom stereocenters. The topological polar surface area (TPSA) is 78.4 Å². The molecule has 2 aromatic carbocycles. The van der Waals surface area contributed by atoms with E-state index in [1.165, 1.54) is 6.08 Å². The van der Waals surface area contributed by atoms with Crippen LogP contribution in [0.4, 0.5) is 0 Å². The first-order valence-corrected chi connectivity index (χ1v) is 7.11. The SMILES string of the molecule is O=[N+]([O-])/C(=C/c1ccccc1)C1=[N+]([O-])OC(c2ccccc2)C1. The molecule has 1 aliphatic rings. The van der Waals surface area contributed by atoms with Gasteiger partial charge in [-0.1, -0.05) is 60.7 Å². The van der Waals surface area contributed by atoms with Crippen molar-refractivity contribution in [3.8, 4) is 0 Å². The van der Waals surface area contributed by atoms with Crippen LogP contribution in [-0.4, -0.2) is 15.5 Å². The van der Waals surface area contributed by atoms with Crippen molar-refractivity contribution in [1.29, 1.82) is 0 Å². The third-order valence-corrected chi connectivity index (χ3v) is 3.59. The highest BCUT2D eigenvalue weighted by Crippen LogP contribution is 2.29. The molecule has 0 bridgehead atoms. The highest BCUT2D eigenvalue weighted by molar-refractivity contribution is 5.98. The van der Waals surface area contributed by atoms with Crippen molar-refractivity contribution in [2.75, 3.05) is 0 Å². The summed E-state index contributed by atoms with van der Waals surface area (Å²) in [6.45, 7) is 0. The molecule has 0 N–H and O–H groups in total. The molecule has 3 rings (SSSR count). The highest BCUT2D eigenvalue weighted by atomic mass is 16.9. The maximum absolute atomic E-state index is 12.0. The highest BCUT2D eigenvalue weighted by Gasteiger charge is 2.38. The van der Waals surface area contributed by atoms with Crippen LogP contribution in [0.5, 0.6) is 0 Å². The van der Waals surface area contributed by atoms with Gasteiger partial charge in [-0.15, -0.1) is 0 Å². The average molecular weight is 310 g/mol. The second kappa shape index (κ2) is 6.31. The minimum absolute atomic E-state index is 0.0210. The number of benzene rings is 2. The number of rotatable bonds is 4. The van der Waals surface area contributed by atoms with Gasteiger partial charge in [-0.25, -0.2) is 0 Å². The Morgan fingerprint density at radius 2 is 1.74 bits per heavy atom. The van der Waals surface area contributed by atoms with Crippen LogP contribution >= 0.6 is 0 Å². The van der Waals surface area contributed by atoms with Gasteiger partial charge >= 0.3 is 11.4 Å². The summed E-state index contributed by atoms with van der Waals surface area (Å²) in [5.74, 6) is 0. The van der Waals surface area contributed by atoms with E-state index in [0.29, 0.717) is 5.56 Å². The second-order valence-corrected chi connectivity index (χ2v) is 5.11. The summed E-state index contributed by atoms with van der Waals surface area (Å²) >= 11 is 0. The molecule has 0 saturated carbocycles. The molecule has 0 radical (unpaired) electrons. The van der Waals surface area contributed by atoms with E-state index >= 15 is 0 Å². The van der Waals surface area contributed by atoms with E-state index in [4.69, 9.17) is 4.84 Å². The van der Waals surface area contributed by atoms with E-state index in [1.54, 1.807) is 24.3 Å². The van der Waals surface area contributed by atoms with Crippen molar-refractivity contribution < 1.29 is 14.7 Å². The fraction of sp³-hybridized carbons (Fsp3) is 0.118. The third kappa shape index (κ3) is 3.21. The van der Waals surface area contributed by atoms with E-state index in [9.17, 15) is 15.3 Å². The number of nitrogens with zero attached hydrogens (tertiary/aromatic N) is 2. The van der Waals surface area contributed by atoms with Crippen molar-refractivity contribution in [3.05, 3.63) is 92.8 Å². The molecule has 1 aliphatic heterocycles. The lowest BCUT2D eigenvalue weighted by atomic mass is 10.0. The third-order valence-electron chi connectivity index (χ3n) is 3.59. The maximum Gasteiger partial charge on any atom is 0.342 e. The Balaban J connectivity index is 1.90. The molecule has 23 heavy (non-hydrogen) atoms. The van der Waals surface area contributed by atoms with Gasteiger partial charge in [-0.3, -0.25) is 15.3 Å². The first-order chi connectivity index (χ1) is 11.1. The van der Waals surface area contributed by atoms with Gasteiger partial charge in [0.25, 0.3) is 0 Å². The minimum atomic E-state index is -0.552. The van der Waals surface area contributed by atoms with Crippen molar-refractivity contribution in [2.45, 2.75) is 12.5 Å². The van der Waals surface area contributed by atoms with Crippen molar-refractivity contribution in [3.63, 3.8) is 0 Å². The summed E-state index contributed by atoms with van der Waals surface area (Å²) in [5.41, 5.74) is 1.24. The minimum Gasteiger partial charge on any atom is -0.394 e. The molecule has 0 spiro atoms. The molecule has 0 aromatic heterocycles. The van der Waals surface area contributed by atoms with Crippen molar-refractivity contribution in [2.24, 2.45) is 0 Å². The van der Waals surface area contributed by atoms with Crippen LogP contribution < -0.4 is 0 Å². The van der Waals surface area contributed by atoms with E-state index in [1.807, 2.05) is 36.4 Å². The van der Waals surface area contributed by atoms with Crippen molar-refractivity contribution >= 4 is 11.8 Å². The molecule has 1 heterocycles. The Morgan fingerprint density at radius 3 is 2.35 bits per heavy atom. The predicted octanol–water partition coefficient (Wildman–Crippen LogP) is 3.33. The predicted molar refractivity (Wildman–Crippen MR) is 84.9 cm³/mol. The first-order valence-electron chi connectivity index (χ1n) is 7.11. The molecule has 0 aliphatic carbocycles. The summed E-state index contributed by atoms with van der Waals surface area (Å²) in [4.78, 5) is 16.3. The van der Waals surface area contributed by atoms with Gasteiger partial charge < -0.3 is 4.84 Å². The first kappa shape index (κ1) is 14.8. The fourth-order valence-electron chi connectivity index (χ4n) is 2.46. The van der Waals surface area contributed by atoms with Gasteiger partial charge in [-0.05, 0) is 11.1 Å². The largest absolute Gasteiger partial charge is 0.394 e. The van der Waals surface area contributed by atoms with Crippen LogP contribution in [0.2, 0.25) is 0 Å². The van der Waals surface area contributed by atoms with Crippen LogP contribution in [0.15, 0.2) is 66.4 Å². The summed E-state index contributed by atoms with van der Waals surface area (Å²) in [5, 5.41) is 23.4. The lowest BCUT2D eigenvalue weighted by molar-refractivity contribution is -0.743. The zero-order chi connectivity index (χ0) is 16.2. The zero-order valence-electron chi connectivity index (χ0n) is 12.2. The Hall–Kier alpha value is -3.15. The molecule has 0 saturated heterocycles. The molecule has 6 heteroatoms. The number of nitro groups is 1. The standard InChI is InChI=1S/C17H14N2O4/c20-18(21)15(11-13-7-3-1-4-8-13)16-12-17(23-19(16)22)14-9-5-2-6-10-14/h1-11,17H,12H2/b15-11+. The van der Waals surface area contributed by atoms with E-state index < -0.39 is 11.0 Å². The van der Waals surface area contributed by atoms with E-state index in [0.717, 1.165) is 5.56 Å². The number of hydrogen-bond acceptors (Lipinski definition) is 4. The maximum atomic E-state index is 12.0. The van der Waals surface area contributed by atoms with Crippen LogP contribution in [-0.2, 0) is 4.84 Å². The lowest BCUT2D eigenvalue weighted by Gasteiger charge is -2.10. The zero-order valence-corrected chi connectivity index (χ0v) is 12.2. The summed E-state index contributed by atoms with van der Waals surface area (Å²) in [7, 11) is 0. The summed E-state index contributed by atoms with van der Waals surface area (Å²) in [6.07, 6.45) is 1.03. The lowest BCUT2D eigenvalue weighted by Crippen LogP contribution is -2.15. The van der Waals surface area contributed by atoms with Gasteiger partial charge in [0, 0.05) is 11.0 Å². The molecular weight excluding hydrogens is 296 g/mol. The Labute approximate surface area is 132 Å². The van der Waals surface area contributed by atoms with Crippen LogP contribution in [0.3, 0.4) is 0 Å². The smallest absolute Gasteiger partial charge is 0.342 e. The Bertz CT molecular complexity index is 770. The van der Waals surface area contributed by atoms with Crippen LogP contribution in [0, 0.1) is 15.3 Å². The Morgan fingerprint density at radius 1 is 1.13 bits per heavy atom. The van der Waals surface area contributed by atoms with Gasteiger partial charge in [0.1, 0.15) is 6.10 Å². The second-order valence-electron chi connectivity index (χ2n) is 5.11. The molecule has 6 nitrogen and oxygen atoms in total.